The molecule has 0 radical (unpaired) electrons. The van der Waals surface area contributed by atoms with Gasteiger partial charge in [0.2, 0.25) is 0 Å². The van der Waals surface area contributed by atoms with Crippen molar-refractivity contribution in [2.75, 3.05) is 12.9 Å². The Bertz CT molecular complexity index is 1390. The van der Waals surface area contributed by atoms with Crippen LogP contribution in [0, 0.1) is 6.92 Å². The molecule has 1 aromatic heterocycles. The summed E-state index contributed by atoms with van der Waals surface area (Å²) in [5.74, 6) is -0.721. The lowest BCUT2D eigenvalue weighted by Gasteiger charge is -2.15. The van der Waals surface area contributed by atoms with Crippen molar-refractivity contribution in [2.24, 2.45) is 4.99 Å². The van der Waals surface area contributed by atoms with Gasteiger partial charge in [-0.1, -0.05) is 56.0 Å². The van der Waals surface area contributed by atoms with Gasteiger partial charge in [-0.05, 0) is 35.7 Å². The van der Waals surface area contributed by atoms with E-state index in [1.54, 1.807) is 19.1 Å². The molecule has 0 N–H and O–H groups in total. The lowest BCUT2D eigenvalue weighted by molar-refractivity contribution is -0.132. The van der Waals surface area contributed by atoms with Gasteiger partial charge in [0.15, 0.2) is 0 Å². The van der Waals surface area contributed by atoms with Gasteiger partial charge >= 0.3 is 12.1 Å². The summed E-state index contributed by atoms with van der Waals surface area (Å²) in [6, 6.07) is 13.3. The van der Waals surface area contributed by atoms with Gasteiger partial charge in [-0.3, -0.25) is 0 Å². The minimum absolute atomic E-state index is 0.00254. The number of benzene rings is 2. The van der Waals surface area contributed by atoms with E-state index in [9.17, 15) is 18.0 Å². The summed E-state index contributed by atoms with van der Waals surface area (Å²) in [4.78, 5) is 28.4. The Morgan fingerprint density at radius 2 is 1.78 bits per heavy atom. The first kappa shape index (κ1) is 27.3. The molecule has 0 aliphatic rings. The van der Waals surface area contributed by atoms with E-state index in [0.29, 0.717) is 22.5 Å². The molecule has 11 heteroatoms. The van der Waals surface area contributed by atoms with Crippen molar-refractivity contribution >= 4 is 46.8 Å². The quantitative estimate of drug-likeness (QED) is 0.230. The third kappa shape index (κ3) is 7.34. The Labute approximate surface area is 212 Å². The van der Waals surface area contributed by atoms with Crippen molar-refractivity contribution < 1.29 is 27.5 Å². The number of methoxy groups -OCH3 is 1. The molecule has 2 aromatic carbocycles. The number of amides is 1. The summed E-state index contributed by atoms with van der Waals surface area (Å²) in [5, 5.41) is 4.91. The van der Waals surface area contributed by atoms with Crippen molar-refractivity contribution in [1.82, 2.24) is 9.19 Å². The molecule has 192 valence electrons. The van der Waals surface area contributed by atoms with Gasteiger partial charge in [0.05, 0.1) is 24.6 Å². The molecule has 36 heavy (non-hydrogen) atoms. The number of fused-ring (bicyclic) bond motifs is 1. The molecule has 3 aromatic rings. The molecule has 1 heterocycles. The first-order valence-electron chi connectivity index (χ1n) is 11.5. The molecule has 0 aliphatic heterocycles. The standard InChI is InChI=1S/C25H31N3O6SSi/c1-18-13-20(14-21-16-28(27-23(18)21)35(31,32)11-12-36(3,4)5)15-22(24(29)33-2)26-25(30)34-17-19-9-7-6-8-10-19/h6-10,13-14,16H,11-12,15,17H2,1-5H3. The van der Waals surface area contributed by atoms with Crippen molar-refractivity contribution in [1.29, 1.82) is 0 Å². The van der Waals surface area contributed by atoms with Crippen LogP contribution in [0.3, 0.4) is 0 Å². The average Bonchev–Trinajstić information content (AvgIpc) is 3.27. The summed E-state index contributed by atoms with van der Waals surface area (Å²) in [6.45, 7) is 8.19. The maximum Gasteiger partial charge on any atom is 0.434 e. The number of hydrogen-bond donors (Lipinski definition) is 0. The second-order valence-electron chi connectivity index (χ2n) is 9.75. The number of aromatic nitrogens is 2. The van der Waals surface area contributed by atoms with Gasteiger partial charge < -0.3 is 9.47 Å². The zero-order valence-electron chi connectivity index (χ0n) is 21.1. The van der Waals surface area contributed by atoms with Crippen LogP contribution in [0.4, 0.5) is 4.79 Å². The van der Waals surface area contributed by atoms with Crippen LogP contribution in [-0.2, 0) is 37.3 Å². The topological polar surface area (TPSA) is 117 Å². The predicted octanol–water partition coefficient (Wildman–Crippen LogP) is 4.35. The van der Waals surface area contributed by atoms with Crippen molar-refractivity contribution in [3.8, 4) is 0 Å². The third-order valence-corrected chi connectivity index (χ3v) is 9.05. The normalized spacial score (nSPS) is 12.5. The molecule has 0 spiro atoms. The minimum atomic E-state index is -3.59. The average molecular weight is 530 g/mol. The monoisotopic (exact) mass is 529 g/mol. The molecule has 0 fully saturated rings. The molecule has 0 atom stereocenters. The van der Waals surface area contributed by atoms with Crippen LogP contribution < -0.4 is 0 Å². The third-order valence-electron chi connectivity index (χ3n) is 5.46. The highest BCUT2D eigenvalue weighted by atomic mass is 32.2. The van der Waals surface area contributed by atoms with Crippen LogP contribution in [0.1, 0.15) is 16.7 Å². The Balaban J connectivity index is 1.83. The fourth-order valence-corrected chi connectivity index (χ4v) is 7.62. The predicted molar refractivity (Wildman–Crippen MR) is 142 cm³/mol. The molecular formula is C25H31N3O6SSi. The summed E-state index contributed by atoms with van der Waals surface area (Å²) in [6.07, 6.45) is 0.574. The minimum Gasteiger partial charge on any atom is -0.465 e. The maximum absolute atomic E-state index is 12.8. The first-order chi connectivity index (χ1) is 16.9. The molecule has 1 amide bonds. The van der Waals surface area contributed by atoms with E-state index in [2.05, 4.69) is 29.7 Å². The highest BCUT2D eigenvalue weighted by molar-refractivity contribution is 7.89. The van der Waals surface area contributed by atoms with Gasteiger partial charge in [0, 0.05) is 19.9 Å². The zero-order valence-corrected chi connectivity index (χ0v) is 23.0. The molecular weight excluding hydrogens is 498 g/mol. The molecule has 3 rings (SSSR count). The number of aryl methyl sites for hydroxylation is 1. The zero-order chi connectivity index (χ0) is 26.5. The van der Waals surface area contributed by atoms with Crippen LogP contribution >= 0.6 is 0 Å². The van der Waals surface area contributed by atoms with Crippen molar-refractivity contribution in [2.45, 2.75) is 45.6 Å². The molecule has 0 saturated heterocycles. The van der Waals surface area contributed by atoms with E-state index in [1.165, 1.54) is 13.3 Å². The first-order valence-corrected chi connectivity index (χ1v) is 16.8. The molecule has 0 unspecified atom stereocenters. The summed E-state index contributed by atoms with van der Waals surface area (Å²) in [7, 11) is -3.93. The van der Waals surface area contributed by atoms with Crippen LogP contribution in [0.5, 0.6) is 0 Å². The van der Waals surface area contributed by atoms with Crippen LogP contribution in [0.25, 0.3) is 10.9 Å². The van der Waals surface area contributed by atoms with Gasteiger partial charge in [0.1, 0.15) is 12.3 Å². The number of carbonyl (C=O) groups is 2. The number of ether oxygens (including phenoxy) is 2. The summed E-state index contributed by atoms with van der Waals surface area (Å²) >= 11 is 0. The van der Waals surface area contributed by atoms with Crippen LogP contribution in [0.2, 0.25) is 25.7 Å². The SMILES string of the molecule is COC(=O)C(Cc1cc(C)c2nn(S(=O)(=O)CC[Si](C)(C)C)cc2c1)=NC(=O)OCc1ccccc1. The molecule has 0 bridgehead atoms. The van der Waals surface area contributed by atoms with E-state index in [1.807, 2.05) is 30.3 Å². The van der Waals surface area contributed by atoms with E-state index in [4.69, 9.17) is 9.47 Å². The number of aliphatic imine (C=N–C) groups is 1. The molecule has 0 saturated carbocycles. The molecule has 9 nitrogen and oxygen atoms in total. The Hall–Kier alpha value is -3.31. The smallest absolute Gasteiger partial charge is 0.434 e. The van der Waals surface area contributed by atoms with Crippen LogP contribution in [0.15, 0.2) is 53.7 Å². The Kier molecular flexibility index (Phi) is 8.46. The second-order valence-corrected chi connectivity index (χ2v) is 17.3. The summed E-state index contributed by atoms with van der Waals surface area (Å²) < 4.78 is 36.6. The Morgan fingerprint density at radius 3 is 2.42 bits per heavy atom. The lowest BCUT2D eigenvalue weighted by atomic mass is 10.0. The highest BCUT2D eigenvalue weighted by Gasteiger charge is 2.22. The van der Waals surface area contributed by atoms with Gasteiger partial charge in [-0.25, -0.2) is 18.0 Å². The largest absolute Gasteiger partial charge is 0.465 e. The fraction of sp³-hybridized carbons (Fsp3) is 0.360. The lowest BCUT2D eigenvalue weighted by Crippen LogP contribution is -2.26. The number of hydrogen-bond acceptors (Lipinski definition) is 7. The number of nitrogens with zero attached hydrogens (tertiary/aromatic N) is 3. The number of rotatable bonds is 9. The van der Waals surface area contributed by atoms with E-state index in [0.717, 1.165) is 15.2 Å². The van der Waals surface area contributed by atoms with Crippen molar-refractivity contribution in [3.63, 3.8) is 0 Å². The number of carbonyl (C=O) groups excluding carboxylic acids is 2. The summed E-state index contributed by atoms with van der Waals surface area (Å²) in [5.41, 5.74) is 2.61. The highest BCUT2D eigenvalue weighted by Crippen LogP contribution is 2.22. The fourth-order valence-electron chi connectivity index (χ4n) is 3.47. The van der Waals surface area contributed by atoms with Crippen LogP contribution in [-0.4, -0.2) is 56.3 Å². The van der Waals surface area contributed by atoms with E-state index in [-0.39, 0.29) is 24.5 Å². The van der Waals surface area contributed by atoms with E-state index >= 15 is 0 Å². The van der Waals surface area contributed by atoms with Gasteiger partial charge in [-0.15, -0.1) is 0 Å². The van der Waals surface area contributed by atoms with Crippen molar-refractivity contribution in [3.05, 3.63) is 65.4 Å². The molecule has 0 aliphatic carbocycles. The Morgan fingerprint density at radius 1 is 1.08 bits per heavy atom. The second kappa shape index (κ2) is 11.2. The number of esters is 1. The van der Waals surface area contributed by atoms with Gasteiger partial charge in [-0.2, -0.15) is 14.2 Å². The van der Waals surface area contributed by atoms with E-state index < -0.39 is 30.2 Å². The maximum atomic E-state index is 12.8. The van der Waals surface area contributed by atoms with Gasteiger partial charge in [0.25, 0.3) is 10.0 Å².